The van der Waals surface area contributed by atoms with E-state index in [1.165, 1.54) is 0 Å². The van der Waals surface area contributed by atoms with E-state index in [2.05, 4.69) is 16.8 Å². The quantitative estimate of drug-likeness (QED) is 0.465. The molecule has 0 atom stereocenters. The molecule has 2 heterocycles. The second kappa shape index (κ2) is 8.67. The summed E-state index contributed by atoms with van der Waals surface area (Å²) in [7, 11) is 0. The maximum absolute atomic E-state index is 12.7. The molecule has 8 nitrogen and oxygen atoms in total. The Morgan fingerprint density at radius 2 is 1.94 bits per heavy atom. The minimum Gasteiger partial charge on any atom is -0.462 e. The Kier molecular flexibility index (Phi) is 5.79. The van der Waals surface area contributed by atoms with Crippen molar-refractivity contribution in [1.29, 1.82) is 0 Å². The van der Waals surface area contributed by atoms with Gasteiger partial charge in [-0.1, -0.05) is 6.07 Å². The molecule has 1 aliphatic rings. The molecule has 0 fully saturated rings. The number of benzene rings is 2. The molecule has 1 aromatic heterocycles. The Morgan fingerprint density at radius 1 is 1.13 bits per heavy atom. The van der Waals surface area contributed by atoms with Gasteiger partial charge in [-0.2, -0.15) is 0 Å². The maximum atomic E-state index is 12.7. The predicted octanol–water partition coefficient (Wildman–Crippen LogP) is 2.48. The number of imidazole rings is 1. The summed E-state index contributed by atoms with van der Waals surface area (Å²) in [6.45, 7) is 7.62. The van der Waals surface area contributed by atoms with E-state index in [1.54, 1.807) is 19.1 Å². The number of aryl methyl sites for hydroxylation is 1. The van der Waals surface area contributed by atoms with Crippen molar-refractivity contribution in [3.63, 3.8) is 0 Å². The monoisotopic (exact) mass is 424 g/mol. The van der Waals surface area contributed by atoms with Crippen LogP contribution in [0, 0.1) is 6.92 Å². The molecule has 31 heavy (non-hydrogen) atoms. The topological polar surface area (TPSA) is 82.7 Å². The van der Waals surface area contributed by atoms with E-state index < -0.39 is 0 Å². The molecule has 1 amide bonds. The second-order valence-electron chi connectivity index (χ2n) is 7.27. The molecule has 0 radical (unpaired) electrons. The lowest BCUT2D eigenvalue weighted by molar-refractivity contribution is -0.674. The third-order valence-electron chi connectivity index (χ3n) is 5.39. The van der Waals surface area contributed by atoms with Gasteiger partial charge in [-0.15, -0.1) is 0 Å². The molecule has 0 saturated carbocycles. The number of hydrogen-bond acceptors (Lipinski definition) is 5. The number of amides is 1. The highest BCUT2D eigenvalue weighted by atomic mass is 16.7. The zero-order chi connectivity index (χ0) is 22.0. The third kappa shape index (κ3) is 4.05. The van der Waals surface area contributed by atoms with Gasteiger partial charge in [-0.3, -0.25) is 4.79 Å². The highest BCUT2D eigenvalue weighted by Gasteiger charge is 2.24. The molecular formula is C23H26N3O5+. The summed E-state index contributed by atoms with van der Waals surface area (Å²) in [4.78, 5) is 24.9. The van der Waals surface area contributed by atoms with E-state index in [-0.39, 0.29) is 25.2 Å². The number of nitrogens with one attached hydrogen (secondary N) is 1. The van der Waals surface area contributed by atoms with Crippen LogP contribution < -0.4 is 19.4 Å². The number of esters is 1. The van der Waals surface area contributed by atoms with Crippen LogP contribution in [-0.4, -0.2) is 29.8 Å². The van der Waals surface area contributed by atoms with Crippen molar-refractivity contribution in [1.82, 2.24) is 9.88 Å². The summed E-state index contributed by atoms with van der Waals surface area (Å²) in [6.07, 6.45) is 0. The zero-order valence-corrected chi connectivity index (χ0v) is 17.9. The number of fused-ring (bicyclic) bond motifs is 2. The van der Waals surface area contributed by atoms with Gasteiger partial charge < -0.3 is 19.5 Å². The van der Waals surface area contributed by atoms with Crippen LogP contribution in [0.2, 0.25) is 0 Å². The first-order valence-electron chi connectivity index (χ1n) is 10.4. The summed E-state index contributed by atoms with van der Waals surface area (Å²) in [5.74, 6) is 1.85. The van der Waals surface area contributed by atoms with E-state index in [4.69, 9.17) is 14.2 Å². The molecule has 1 N–H and O–H groups in total. The van der Waals surface area contributed by atoms with Crippen LogP contribution in [0.1, 0.15) is 35.6 Å². The molecule has 0 bridgehead atoms. The molecule has 4 rings (SSSR count). The summed E-state index contributed by atoms with van der Waals surface area (Å²) < 4.78 is 19.9. The lowest BCUT2D eigenvalue weighted by Crippen LogP contribution is -2.36. The molecule has 2 aromatic carbocycles. The lowest BCUT2D eigenvalue weighted by atomic mass is 10.2. The highest BCUT2D eigenvalue weighted by molar-refractivity contribution is 5.93. The van der Waals surface area contributed by atoms with Crippen LogP contribution in [0.15, 0.2) is 36.4 Å². The Bertz CT molecular complexity index is 1150. The normalized spacial score (nSPS) is 12.2. The van der Waals surface area contributed by atoms with Crippen LogP contribution >= 0.6 is 0 Å². The van der Waals surface area contributed by atoms with Crippen molar-refractivity contribution < 1.29 is 28.4 Å². The first kappa shape index (κ1) is 20.7. The third-order valence-corrected chi connectivity index (χ3v) is 5.39. The van der Waals surface area contributed by atoms with Crippen LogP contribution in [0.3, 0.4) is 0 Å². The molecule has 8 heteroatoms. The SMILES string of the molecule is CCOC(=O)c1ccc2c(c1)n(CC(=O)NCc1ccc3c(c1)OCO3)c(C)[n+]2CC. The number of aromatic nitrogens is 2. The maximum Gasteiger partial charge on any atom is 0.338 e. The van der Waals surface area contributed by atoms with Gasteiger partial charge in [0.2, 0.25) is 6.79 Å². The Balaban J connectivity index is 1.54. The summed E-state index contributed by atoms with van der Waals surface area (Å²) >= 11 is 0. The number of carbonyl (C=O) groups is 2. The fourth-order valence-corrected chi connectivity index (χ4v) is 3.85. The summed E-state index contributed by atoms with van der Waals surface area (Å²) in [5.41, 5.74) is 3.19. The summed E-state index contributed by atoms with van der Waals surface area (Å²) in [5, 5.41) is 2.96. The average molecular weight is 424 g/mol. The van der Waals surface area contributed by atoms with Crippen LogP contribution in [0.25, 0.3) is 11.0 Å². The molecule has 0 saturated heterocycles. The van der Waals surface area contributed by atoms with Gasteiger partial charge in [-0.25, -0.2) is 13.9 Å². The first-order chi connectivity index (χ1) is 15.0. The minimum absolute atomic E-state index is 0.123. The van der Waals surface area contributed by atoms with Crippen molar-refractivity contribution in [2.45, 2.75) is 40.4 Å². The van der Waals surface area contributed by atoms with E-state index in [0.717, 1.165) is 29.0 Å². The molecule has 0 aliphatic carbocycles. The van der Waals surface area contributed by atoms with Crippen molar-refractivity contribution >= 4 is 22.9 Å². The van der Waals surface area contributed by atoms with Crippen LogP contribution in [0.5, 0.6) is 11.5 Å². The molecule has 3 aromatic rings. The van der Waals surface area contributed by atoms with Gasteiger partial charge in [0, 0.05) is 19.5 Å². The lowest BCUT2D eigenvalue weighted by Gasteiger charge is -2.06. The Labute approximate surface area is 180 Å². The van der Waals surface area contributed by atoms with Crippen molar-refractivity contribution in [3.8, 4) is 11.5 Å². The van der Waals surface area contributed by atoms with E-state index in [1.807, 2.05) is 35.8 Å². The smallest absolute Gasteiger partial charge is 0.338 e. The Morgan fingerprint density at radius 3 is 2.71 bits per heavy atom. The number of carbonyl (C=O) groups excluding carboxylic acids is 2. The number of hydrogen-bond donors (Lipinski definition) is 1. The van der Waals surface area contributed by atoms with Gasteiger partial charge in [0.05, 0.1) is 18.7 Å². The zero-order valence-electron chi connectivity index (χ0n) is 17.9. The predicted molar refractivity (Wildman–Crippen MR) is 113 cm³/mol. The number of rotatable bonds is 7. The average Bonchev–Trinajstić information content (AvgIpc) is 3.34. The molecule has 162 valence electrons. The van der Waals surface area contributed by atoms with E-state index in [0.29, 0.717) is 30.2 Å². The largest absolute Gasteiger partial charge is 0.462 e. The fourth-order valence-electron chi connectivity index (χ4n) is 3.85. The standard InChI is InChI=1S/C23H25N3O5/c1-4-25-15(3)26(19-11-17(7-8-18(19)25)23(28)29-5-2)13-22(27)24-12-16-6-9-20-21(10-16)31-14-30-20/h6-11H,4-5,12-14H2,1-3H3/p+1. The van der Waals surface area contributed by atoms with Crippen molar-refractivity contribution in [2.75, 3.05) is 13.4 Å². The molecule has 1 aliphatic heterocycles. The van der Waals surface area contributed by atoms with Crippen LogP contribution in [-0.2, 0) is 29.2 Å². The van der Waals surface area contributed by atoms with Crippen molar-refractivity contribution in [3.05, 3.63) is 53.3 Å². The van der Waals surface area contributed by atoms with E-state index in [9.17, 15) is 9.59 Å². The van der Waals surface area contributed by atoms with Crippen LogP contribution in [0.4, 0.5) is 0 Å². The number of ether oxygens (including phenoxy) is 3. The Hall–Kier alpha value is -3.55. The van der Waals surface area contributed by atoms with Gasteiger partial charge in [0.1, 0.15) is 0 Å². The molecular weight excluding hydrogens is 398 g/mol. The van der Waals surface area contributed by atoms with Gasteiger partial charge in [0.25, 0.3) is 11.7 Å². The van der Waals surface area contributed by atoms with Crippen molar-refractivity contribution in [2.24, 2.45) is 0 Å². The highest BCUT2D eigenvalue weighted by Crippen LogP contribution is 2.32. The summed E-state index contributed by atoms with van der Waals surface area (Å²) in [6, 6.07) is 11.1. The fraction of sp³-hybridized carbons (Fsp3) is 0.348. The van der Waals surface area contributed by atoms with Gasteiger partial charge in [-0.05, 0) is 43.7 Å². The van der Waals surface area contributed by atoms with Gasteiger partial charge in [0.15, 0.2) is 29.1 Å². The first-order valence-corrected chi connectivity index (χ1v) is 10.4. The van der Waals surface area contributed by atoms with E-state index >= 15 is 0 Å². The minimum atomic E-state index is -0.370. The van der Waals surface area contributed by atoms with Gasteiger partial charge >= 0.3 is 5.97 Å². The second-order valence-corrected chi connectivity index (χ2v) is 7.27. The number of nitrogens with zero attached hydrogens (tertiary/aromatic N) is 2. The molecule has 0 unspecified atom stereocenters. The molecule has 0 spiro atoms.